The summed E-state index contributed by atoms with van der Waals surface area (Å²) >= 11 is 0. The number of sulfonamides is 1. The number of nitrogens with zero attached hydrogens (tertiary/aromatic N) is 1. The summed E-state index contributed by atoms with van der Waals surface area (Å²) in [5.74, 6) is 0.381. The van der Waals surface area contributed by atoms with Crippen LogP contribution in [-0.2, 0) is 10.0 Å². The van der Waals surface area contributed by atoms with Crippen molar-refractivity contribution in [3.05, 3.63) is 66.2 Å². The molecule has 0 bridgehead atoms. The molecule has 4 aromatic rings. The number of ether oxygens (including phenoxy) is 1. The van der Waals surface area contributed by atoms with Crippen molar-refractivity contribution >= 4 is 37.6 Å². The fraction of sp³-hybridized carbons (Fsp3) is 0.0500. The number of hydrogen-bond donors (Lipinski definition) is 1. The Bertz CT molecular complexity index is 1300. The SMILES string of the molecule is COc1cc2c(cc1NS(=O)(=O)c1ccc(C#N)cc1)oc1ccccc12. The van der Waals surface area contributed by atoms with Crippen molar-refractivity contribution in [1.82, 2.24) is 0 Å². The van der Waals surface area contributed by atoms with Gasteiger partial charge in [0.1, 0.15) is 16.9 Å². The van der Waals surface area contributed by atoms with E-state index < -0.39 is 10.0 Å². The first-order valence-corrected chi connectivity index (χ1v) is 9.52. The Balaban J connectivity index is 1.80. The molecule has 0 unspecified atom stereocenters. The van der Waals surface area contributed by atoms with Gasteiger partial charge in [0.25, 0.3) is 10.0 Å². The lowest BCUT2D eigenvalue weighted by Gasteiger charge is -2.12. The van der Waals surface area contributed by atoms with Gasteiger partial charge in [-0.25, -0.2) is 8.42 Å². The number of methoxy groups -OCH3 is 1. The summed E-state index contributed by atoms with van der Waals surface area (Å²) in [6.45, 7) is 0. The van der Waals surface area contributed by atoms with E-state index >= 15 is 0 Å². The molecule has 0 saturated carbocycles. The molecule has 7 heteroatoms. The topological polar surface area (TPSA) is 92.3 Å². The third-order valence-electron chi connectivity index (χ3n) is 4.24. The van der Waals surface area contributed by atoms with E-state index in [1.54, 1.807) is 12.1 Å². The summed E-state index contributed by atoms with van der Waals surface area (Å²) in [5, 5.41) is 10.6. The minimum Gasteiger partial charge on any atom is -0.495 e. The molecule has 0 aliphatic carbocycles. The van der Waals surface area contributed by atoms with E-state index in [1.807, 2.05) is 30.3 Å². The van der Waals surface area contributed by atoms with Gasteiger partial charge in [0.2, 0.25) is 0 Å². The van der Waals surface area contributed by atoms with Crippen LogP contribution in [0.3, 0.4) is 0 Å². The number of benzene rings is 3. The molecule has 1 aromatic heterocycles. The number of hydrogen-bond acceptors (Lipinski definition) is 5. The van der Waals surface area contributed by atoms with Gasteiger partial charge in [-0.1, -0.05) is 18.2 Å². The maximum absolute atomic E-state index is 12.7. The summed E-state index contributed by atoms with van der Waals surface area (Å²) in [7, 11) is -2.38. The van der Waals surface area contributed by atoms with Crippen LogP contribution in [0.5, 0.6) is 5.75 Å². The van der Waals surface area contributed by atoms with Gasteiger partial charge in [0.05, 0.1) is 29.3 Å². The van der Waals surface area contributed by atoms with E-state index in [-0.39, 0.29) is 10.6 Å². The Morgan fingerprint density at radius 3 is 2.44 bits per heavy atom. The molecular formula is C20H14N2O4S. The average Bonchev–Trinajstić information content (AvgIpc) is 3.04. The van der Waals surface area contributed by atoms with E-state index in [4.69, 9.17) is 14.4 Å². The van der Waals surface area contributed by atoms with Crippen molar-refractivity contribution < 1.29 is 17.6 Å². The van der Waals surface area contributed by atoms with Crippen LogP contribution in [0.2, 0.25) is 0 Å². The normalized spacial score (nSPS) is 11.4. The second-order valence-corrected chi connectivity index (χ2v) is 7.57. The third-order valence-corrected chi connectivity index (χ3v) is 5.62. The van der Waals surface area contributed by atoms with Crippen LogP contribution in [0.15, 0.2) is 70.0 Å². The van der Waals surface area contributed by atoms with Crippen LogP contribution in [0.1, 0.15) is 5.56 Å². The smallest absolute Gasteiger partial charge is 0.262 e. The van der Waals surface area contributed by atoms with Gasteiger partial charge in [0.15, 0.2) is 0 Å². The first kappa shape index (κ1) is 16.9. The van der Waals surface area contributed by atoms with E-state index in [9.17, 15) is 8.42 Å². The molecule has 0 aliphatic rings. The number of anilines is 1. The summed E-state index contributed by atoms with van der Waals surface area (Å²) < 4.78 is 39.1. The molecule has 3 aromatic carbocycles. The minimum absolute atomic E-state index is 0.0493. The van der Waals surface area contributed by atoms with Crippen LogP contribution in [0, 0.1) is 11.3 Å². The van der Waals surface area contributed by atoms with Crippen molar-refractivity contribution in [2.45, 2.75) is 4.90 Å². The minimum atomic E-state index is -3.85. The molecule has 0 atom stereocenters. The van der Waals surface area contributed by atoms with Gasteiger partial charge in [-0.2, -0.15) is 5.26 Å². The van der Waals surface area contributed by atoms with Gasteiger partial charge in [-0.3, -0.25) is 4.72 Å². The van der Waals surface area contributed by atoms with Crippen molar-refractivity contribution in [2.75, 3.05) is 11.8 Å². The lowest BCUT2D eigenvalue weighted by molar-refractivity contribution is 0.417. The zero-order valence-corrected chi connectivity index (χ0v) is 15.1. The molecule has 0 saturated heterocycles. The zero-order chi connectivity index (χ0) is 19.0. The Hall–Kier alpha value is -3.50. The molecule has 0 aliphatic heterocycles. The lowest BCUT2D eigenvalue weighted by Crippen LogP contribution is -2.13. The first-order valence-electron chi connectivity index (χ1n) is 8.04. The van der Waals surface area contributed by atoms with Crippen molar-refractivity contribution in [3.63, 3.8) is 0 Å². The highest BCUT2D eigenvalue weighted by Crippen LogP contribution is 2.37. The Labute approximate surface area is 155 Å². The third kappa shape index (κ3) is 2.96. The molecule has 27 heavy (non-hydrogen) atoms. The van der Waals surface area contributed by atoms with Gasteiger partial charge >= 0.3 is 0 Å². The number of para-hydroxylation sites is 1. The van der Waals surface area contributed by atoms with E-state index in [0.29, 0.717) is 22.5 Å². The Morgan fingerprint density at radius 2 is 1.74 bits per heavy atom. The molecule has 134 valence electrons. The second-order valence-electron chi connectivity index (χ2n) is 5.89. The van der Waals surface area contributed by atoms with E-state index in [1.165, 1.54) is 31.4 Å². The van der Waals surface area contributed by atoms with Crippen molar-refractivity contribution in [1.29, 1.82) is 5.26 Å². The molecule has 4 rings (SSSR count). The highest BCUT2D eigenvalue weighted by Gasteiger charge is 2.19. The molecular weight excluding hydrogens is 364 g/mol. The summed E-state index contributed by atoms with van der Waals surface area (Å²) in [6, 6.07) is 18.5. The molecule has 6 nitrogen and oxygen atoms in total. The van der Waals surface area contributed by atoms with Gasteiger partial charge in [-0.05, 0) is 36.4 Å². The summed E-state index contributed by atoms with van der Waals surface area (Å²) in [4.78, 5) is 0.0493. The van der Waals surface area contributed by atoms with Crippen LogP contribution in [-0.4, -0.2) is 15.5 Å². The predicted molar refractivity (Wildman–Crippen MR) is 102 cm³/mol. The van der Waals surface area contributed by atoms with Crippen LogP contribution in [0.25, 0.3) is 21.9 Å². The Kier molecular flexibility index (Phi) is 3.98. The van der Waals surface area contributed by atoms with Crippen LogP contribution < -0.4 is 9.46 Å². The van der Waals surface area contributed by atoms with E-state index in [0.717, 1.165) is 10.8 Å². The zero-order valence-electron chi connectivity index (χ0n) is 14.3. The maximum Gasteiger partial charge on any atom is 0.262 e. The number of rotatable bonds is 4. The summed E-state index contributed by atoms with van der Waals surface area (Å²) in [5.41, 5.74) is 1.92. The van der Waals surface area contributed by atoms with Gasteiger partial charge < -0.3 is 9.15 Å². The highest BCUT2D eigenvalue weighted by molar-refractivity contribution is 7.92. The molecule has 1 heterocycles. The van der Waals surface area contributed by atoms with E-state index in [2.05, 4.69) is 4.72 Å². The van der Waals surface area contributed by atoms with Gasteiger partial charge in [-0.15, -0.1) is 0 Å². The molecule has 0 amide bonds. The summed E-state index contributed by atoms with van der Waals surface area (Å²) in [6.07, 6.45) is 0. The molecule has 0 spiro atoms. The number of nitriles is 1. The average molecular weight is 378 g/mol. The Morgan fingerprint density at radius 1 is 1.00 bits per heavy atom. The molecule has 1 N–H and O–H groups in total. The number of fused-ring (bicyclic) bond motifs is 3. The monoisotopic (exact) mass is 378 g/mol. The van der Waals surface area contributed by atoms with Crippen molar-refractivity contribution in [3.8, 4) is 11.8 Å². The van der Waals surface area contributed by atoms with Crippen molar-refractivity contribution in [2.24, 2.45) is 0 Å². The largest absolute Gasteiger partial charge is 0.495 e. The van der Waals surface area contributed by atoms with Crippen LogP contribution >= 0.6 is 0 Å². The number of nitrogens with one attached hydrogen (secondary N) is 1. The van der Waals surface area contributed by atoms with Crippen LogP contribution in [0.4, 0.5) is 5.69 Å². The fourth-order valence-corrected chi connectivity index (χ4v) is 3.97. The first-order chi connectivity index (χ1) is 13.0. The lowest BCUT2D eigenvalue weighted by atomic mass is 10.1. The second kappa shape index (κ2) is 6.34. The molecule has 0 radical (unpaired) electrons. The maximum atomic E-state index is 12.7. The highest BCUT2D eigenvalue weighted by atomic mass is 32.2. The number of furan rings is 1. The predicted octanol–water partition coefficient (Wildman–Crippen LogP) is 4.27. The molecule has 0 fully saturated rings. The standard InChI is InChI=1S/C20H14N2O4S/c1-25-20-10-16-15-4-2-3-5-18(15)26-19(16)11-17(20)22-27(23,24)14-8-6-13(12-21)7-9-14/h2-11,22H,1H3. The van der Waals surface area contributed by atoms with Gasteiger partial charge in [0, 0.05) is 16.8 Å². The fourth-order valence-electron chi connectivity index (χ4n) is 2.91. The quantitative estimate of drug-likeness (QED) is 0.572.